The molecule has 3 aliphatic rings. The highest BCUT2D eigenvalue weighted by Gasteiger charge is 2.50. The van der Waals surface area contributed by atoms with Crippen molar-refractivity contribution in [3.8, 4) is 18.6 Å². The van der Waals surface area contributed by atoms with E-state index in [1.807, 2.05) is 68.4 Å². The van der Waals surface area contributed by atoms with Crippen molar-refractivity contribution in [2.45, 2.75) is 220 Å². The summed E-state index contributed by atoms with van der Waals surface area (Å²) in [6.45, 7) is 51.5. The highest BCUT2D eigenvalue weighted by Crippen LogP contribution is 2.60. The molecule has 2 aromatic carbocycles. The van der Waals surface area contributed by atoms with Gasteiger partial charge in [0.15, 0.2) is 0 Å². The van der Waals surface area contributed by atoms with Gasteiger partial charge in [-0.05, 0) is 154 Å². The highest BCUT2D eigenvalue weighted by atomic mass is 16.5. The molecule has 5 rings (SSSR count). The van der Waals surface area contributed by atoms with E-state index in [0.29, 0.717) is 5.41 Å². The summed E-state index contributed by atoms with van der Waals surface area (Å²) in [5.74, 6) is 1.08. The first kappa shape index (κ1) is 73.2. The molecular formula is C68H113NO2. The number of nitrogens with one attached hydrogen (secondary N) is 1. The summed E-state index contributed by atoms with van der Waals surface area (Å²) in [5.41, 5.74) is 9.22. The lowest BCUT2D eigenvalue weighted by Crippen LogP contribution is -2.46. The van der Waals surface area contributed by atoms with E-state index < -0.39 is 5.60 Å². The summed E-state index contributed by atoms with van der Waals surface area (Å²) in [4.78, 5) is 0. The largest absolute Gasteiger partial charge is 0.482 e. The fourth-order valence-electron chi connectivity index (χ4n) is 10.3. The molecule has 3 heteroatoms. The van der Waals surface area contributed by atoms with Crippen molar-refractivity contribution in [2.75, 3.05) is 26.3 Å². The molecule has 2 aromatic rings. The predicted octanol–water partition coefficient (Wildman–Crippen LogP) is 20.7. The molecule has 0 bridgehead atoms. The van der Waals surface area contributed by atoms with Crippen LogP contribution in [0.25, 0.3) is 10.8 Å². The van der Waals surface area contributed by atoms with Crippen LogP contribution >= 0.6 is 0 Å². The SMILES string of the molecule is C#C.C/C=C\C=C/CCc1c(C2(CC)CC(C)(C)CC(C)(CC)C2)c(C)c(OC(/C=C\C)(CCC)CC2=CC=CC=C=C2)c2ccccc12.C/C=C\CC.C1CNCCOC1.C=C.CC.CC.CC.CC. The molecule has 0 radical (unpaired) electrons. The van der Waals surface area contributed by atoms with Gasteiger partial charge < -0.3 is 14.8 Å². The Morgan fingerprint density at radius 1 is 0.789 bits per heavy atom. The Morgan fingerprint density at radius 3 is 1.99 bits per heavy atom. The van der Waals surface area contributed by atoms with Crippen LogP contribution in [0.4, 0.5) is 0 Å². The van der Waals surface area contributed by atoms with Crippen LogP contribution in [0.15, 0.2) is 128 Å². The Bertz CT molecular complexity index is 1870. The molecule has 1 heterocycles. The van der Waals surface area contributed by atoms with Crippen molar-refractivity contribution in [3.05, 3.63) is 144 Å². The molecule has 402 valence electrons. The molecule has 1 N–H and O–H groups in total. The van der Waals surface area contributed by atoms with Crippen molar-refractivity contribution in [1.29, 1.82) is 0 Å². The molecule has 3 unspecified atom stereocenters. The van der Waals surface area contributed by atoms with E-state index in [1.165, 1.54) is 59.6 Å². The van der Waals surface area contributed by atoms with Gasteiger partial charge in [0.25, 0.3) is 0 Å². The number of rotatable bonds is 15. The number of ether oxygens (including phenoxy) is 2. The molecule has 2 aliphatic carbocycles. The van der Waals surface area contributed by atoms with Gasteiger partial charge >= 0.3 is 0 Å². The molecule has 0 aromatic heterocycles. The van der Waals surface area contributed by atoms with E-state index in [0.717, 1.165) is 77.0 Å². The lowest BCUT2D eigenvalue weighted by atomic mass is 9.50. The highest BCUT2D eigenvalue weighted by molar-refractivity contribution is 5.94. The van der Waals surface area contributed by atoms with E-state index in [4.69, 9.17) is 9.47 Å². The van der Waals surface area contributed by atoms with E-state index in [-0.39, 0.29) is 10.8 Å². The van der Waals surface area contributed by atoms with Crippen molar-refractivity contribution < 1.29 is 9.47 Å². The van der Waals surface area contributed by atoms with Crippen LogP contribution in [0.3, 0.4) is 0 Å². The number of allylic oxidation sites excluding steroid dienone is 11. The van der Waals surface area contributed by atoms with Gasteiger partial charge in [-0.2, -0.15) is 0 Å². The first-order valence-electron chi connectivity index (χ1n) is 28.1. The normalized spacial score (nSPS) is 19.4. The number of benzene rings is 2. The zero-order chi connectivity index (χ0) is 55.2. The van der Waals surface area contributed by atoms with E-state index >= 15 is 0 Å². The topological polar surface area (TPSA) is 30.5 Å². The fourth-order valence-corrected chi connectivity index (χ4v) is 10.3. The fraction of sp³-hybridized carbons (Fsp3) is 0.574. The number of fused-ring (bicyclic) bond motifs is 1. The molecule has 3 nitrogen and oxygen atoms in total. The lowest BCUT2D eigenvalue weighted by Gasteiger charge is -2.54. The molecule has 3 atom stereocenters. The van der Waals surface area contributed by atoms with E-state index in [1.54, 1.807) is 5.56 Å². The minimum atomic E-state index is -0.462. The van der Waals surface area contributed by atoms with Crippen LogP contribution in [0.2, 0.25) is 0 Å². The summed E-state index contributed by atoms with van der Waals surface area (Å²) in [6.07, 6.45) is 49.2. The van der Waals surface area contributed by atoms with Crippen LogP contribution in [-0.2, 0) is 16.6 Å². The molecule has 2 fully saturated rings. The van der Waals surface area contributed by atoms with Crippen molar-refractivity contribution in [2.24, 2.45) is 10.8 Å². The van der Waals surface area contributed by atoms with Crippen molar-refractivity contribution in [3.63, 3.8) is 0 Å². The zero-order valence-electron chi connectivity index (χ0n) is 50.0. The van der Waals surface area contributed by atoms with Gasteiger partial charge in [0.2, 0.25) is 0 Å². The van der Waals surface area contributed by atoms with Crippen molar-refractivity contribution >= 4 is 10.8 Å². The maximum absolute atomic E-state index is 7.60. The third kappa shape index (κ3) is 26.8. The van der Waals surface area contributed by atoms with Crippen LogP contribution < -0.4 is 10.1 Å². The zero-order valence-corrected chi connectivity index (χ0v) is 50.0. The quantitative estimate of drug-likeness (QED) is 0.0835. The third-order valence-electron chi connectivity index (χ3n) is 12.4. The summed E-state index contributed by atoms with van der Waals surface area (Å²) >= 11 is 0. The second-order valence-electron chi connectivity index (χ2n) is 18.2. The number of aryl methyl sites for hydroxylation is 1. The molecule has 1 saturated carbocycles. The Kier molecular flexibility index (Phi) is 47.0. The minimum Gasteiger partial charge on any atom is -0.482 e. The lowest BCUT2D eigenvalue weighted by molar-refractivity contribution is 0.0262. The summed E-state index contributed by atoms with van der Waals surface area (Å²) < 4.78 is 12.7. The smallest absolute Gasteiger partial charge is 0.131 e. The number of hydrogen-bond acceptors (Lipinski definition) is 3. The number of terminal acetylenes is 1. The molecule has 0 amide bonds. The second kappa shape index (κ2) is 45.5. The molecular weight excluding hydrogens is 863 g/mol. The maximum Gasteiger partial charge on any atom is 0.131 e. The Hall–Kier alpha value is -4.32. The average molecular weight is 977 g/mol. The molecule has 0 spiro atoms. The summed E-state index contributed by atoms with van der Waals surface area (Å²) in [5, 5.41) is 5.83. The molecule has 71 heavy (non-hydrogen) atoms. The first-order chi connectivity index (χ1) is 34.4. The van der Waals surface area contributed by atoms with Gasteiger partial charge in [-0.15, -0.1) is 31.7 Å². The Morgan fingerprint density at radius 2 is 1.44 bits per heavy atom. The summed E-state index contributed by atoms with van der Waals surface area (Å²) in [7, 11) is 0. The standard InChI is InChI=1S/C46H62O.C5H11NO.C5H10.4C2H6.C2H4.C2H2/c1-10-15-16-17-22-28-39-38-27-23-24-29-40(38)42(47-46(30-11-2,31-12-3)32-37-25-20-18-19-21-26-37)36(6)41(39)45(14-5)34-43(7,8)33-44(9,13-4)35-45;1-2-6-3-5-7-4-1;1-3-5-4-2;6*1-2/h10-11,15-20,23-27,29-30H,12-14,22,28,31-35H2,1-9H3;6H,1-5H2;3,5H,4H2,1-2H3;4*1-2H3;1-2H2;1-2H/b15-10-,17-16-,30-11-;;5-3-;;;;;;. The van der Waals surface area contributed by atoms with Crippen LogP contribution in [0.5, 0.6) is 5.75 Å². The molecule has 1 saturated heterocycles. The van der Waals surface area contributed by atoms with Crippen LogP contribution in [-0.4, -0.2) is 31.9 Å². The van der Waals surface area contributed by atoms with Gasteiger partial charge in [0, 0.05) is 25.0 Å². The summed E-state index contributed by atoms with van der Waals surface area (Å²) in [6, 6.07) is 9.11. The average Bonchev–Trinajstić information content (AvgIpc) is 3.87. The van der Waals surface area contributed by atoms with Gasteiger partial charge in [0.1, 0.15) is 11.4 Å². The van der Waals surface area contributed by atoms with Crippen LogP contribution in [0.1, 0.15) is 212 Å². The predicted molar refractivity (Wildman–Crippen MR) is 326 cm³/mol. The number of hydrogen-bond donors (Lipinski definition) is 1. The third-order valence-corrected chi connectivity index (χ3v) is 12.4. The first-order valence-corrected chi connectivity index (χ1v) is 28.1. The van der Waals surface area contributed by atoms with E-state index in [9.17, 15) is 0 Å². The van der Waals surface area contributed by atoms with Crippen LogP contribution in [0, 0.1) is 30.6 Å². The van der Waals surface area contributed by atoms with E-state index in [2.05, 4.69) is 203 Å². The van der Waals surface area contributed by atoms with Crippen molar-refractivity contribution in [1.82, 2.24) is 5.32 Å². The van der Waals surface area contributed by atoms with Gasteiger partial charge in [0.05, 0.1) is 6.61 Å². The second-order valence-corrected chi connectivity index (χ2v) is 18.2. The Balaban J connectivity index is -0.000000784. The monoisotopic (exact) mass is 976 g/mol. The van der Waals surface area contributed by atoms with Gasteiger partial charge in [-0.3, -0.25) is 0 Å². The Labute approximate surface area is 443 Å². The molecule has 1 aliphatic heterocycles. The maximum atomic E-state index is 7.60. The van der Waals surface area contributed by atoms with Gasteiger partial charge in [-0.1, -0.05) is 202 Å². The van der Waals surface area contributed by atoms with Gasteiger partial charge in [-0.25, -0.2) is 0 Å². The minimum absolute atomic E-state index is 0.0806.